The minimum atomic E-state index is -0.972. The van der Waals surface area contributed by atoms with Crippen LogP contribution in [0.3, 0.4) is 0 Å². The number of aromatic nitrogens is 1. The zero-order valence-corrected chi connectivity index (χ0v) is 11.3. The Bertz CT molecular complexity index is 599. The summed E-state index contributed by atoms with van der Waals surface area (Å²) in [6, 6.07) is 0. The molecular weight excluding hydrogens is 256 g/mol. The normalized spacial score (nSPS) is 10.8. The van der Waals surface area contributed by atoms with Crippen LogP contribution in [0.5, 0.6) is 0 Å². The van der Waals surface area contributed by atoms with Gasteiger partial charge in [0.1, 0.15) is 4.88 Å². The molecule has 4 nitrogen and oxygen atoms in total. The average molecular weight is 268 g/mol. The maximum atomic E-state index is 11.0. The van der Waals surface area contributed by atoms with Crippen LogP contribution in [0.25, 0.3) is 9.75 Å². The predicted octanol–water partition coefficient (Wildman–Crippen LogP) is 3.08. The van der Waals surface area contributed by atoms with Gasteiger partial charge in [-0.1, -0.05) is 0 Å². The van der Waals surface area contributed by atoms with Gasteiger partial charge in [-0.3, -0.25) is 0 Å². The molecule has 2 heterocycles. The van der Waals surface area contributed by atoms with Crippen molar-refractivity contribution in [1.29, 1.82) is 0 Å². The molecule has 0 aromatic carbocycles. The van der Waals surface area contributed by atoms with E-state index in [1.807, 2.05) is 20.8 Å². The number of thiophene rings is 1. The second kappa shape index (κ2) is 4.12. The van der Waals surface area contributed by atoms with Crippen LogP contribution in [0.2, 0.25) is 0 Å². The molecule has 0 saturated heterocycles. The first-order valence-corrected chi connectivity index (χ1v) is 6.61. The summed E-state index contributed by atoms with van der Waals surface area (Å²) in [4.78, 5) is 17.5. The summed E-state index contributed by atoms with van der Waals surface area (Å²) in [7, 11) is 0. The molecule has 90 valence electrons. The summed E-state index contributed by atoms with van der Waals surface area (Å²) in [5.74, 6) is -0.972. The first kappa shape index (κ1) is 12.1. The van der Waals surface area contributed by atoms with Crippen molar-refractivity contribution in [3.05, 3.63) is 21.1 Å². The van der Waals surface area contributed by atoms with E-state index in [0.29, 0.717) is 5.69 Å². The van der Waals surface area contributed by atoms with Gasteiger partial charge >= 0.3 is 5.97 Å². The van der Waals surface area contributed by atoms with E-state index in [-0.39, 0.29) is 4.88 Å². The second-order valence-electron chi connectivity index (χ2n) is 3.75. The summed E-state index contributed by atoms with van der Waals surface area (Å²) < 4.78 is 0. The van der Waals surface area contributed by atoms with Crippen molar-refractivity contribution in [1.82, 2.24) is 4.98 Å². The van der Waals surface area contributed by atoms with Crippen LogP contribution < -0.4 is 5.73 Å². The number of carbonyl (C=O) groups is 1. The second-order valence-corrected chi connectivity index (χ2v) is 5.98. The molecule has 17 heavy (non-hydrogen) atoms. The molecule has 0 saturated carbocycles. The lowest BCUT2D eigenvalue weighted by Crippen LogP contribution is -1.97. The summed E-state index contributed by atoms with van der Waals surface area (Å²) >= 11 is 2.79. The Labute approximate surface area is 107 Å². The topological polar surface area (TPSA) is 76.2 Å². The molecular formula is C11H12N2O2S2. The molecule has 2 aromatic heterocycles. The van der Waals surface area contributed by atoms with E-state index in [2.05, 4.69) is 4.98 Å². The number of aromatic carboxylic acids is 1. The van der Waals surface area contributed by atoms with Gasteiger partial charge in [0.15, 0.2) is 0 Å². The summed E-state index contributed by atoms with van der Waals surface area (Å²) in [5, 5.41) is 10.0. The van der Waals surface area contributed by atoms with Gasteiger partial charge in [-0.25, -0.2) is 9.78 Å². The molecule has 0 spiro atoms. The Kier molecular flexibility index (Phi) is 2.92. The van der Waals surface area contributed by atoms with E-state index in [9.17, 15) is 4.79 Å². The van der Waals surface area contributed by atoms with E-state index in [1.54, 1.807) is 11.3 Å². The van der Waals surface area contributed by atoms with Crippen LogP contribution in [0.1, 0.15) is 25.9 Å². The number of carboxylic acid groups (broad SMARTS) is 1. The van der Waals surface area contributed by atoms with Crippen LogP contribution in [0.15, 0.2) is 0 Å². The van der Waals surface area contributed by atoms with Crippen LogP contribution in [0, 0.1) is 20.8 Å². The highest BCUT2D eigenvalue weighted by atomic mass is 32.1. The van der Waals surface area contributed by atoms with Gasteiger partial charge in [-0.15, -0.1) is 22.7 Å². The molecule has 3 N–H and O–H groups in total. The zero-order valence-electron chi connectivity index (χ0n) is 9.70. The van der Waals surface area contributed by atoms with Gasteiger partial charge in [0.2, 0.25) is 0 Å². The Morgan fingerprint density at radius 2 is 1.88 bits per heavy atom. The van der Waals surface area contributed by atoms with Crippen molar-refractivity contribution in [2.24, 2.45) is 0 Å². The third-order valence-corrected chi connectivity index (χ3v) is 5.03. The molecule has 0 fully saturated rings. The van der Waals surface area contributed by atoms with E-state index in [1.165, 1.54) is 11.3 Å². The molecule has 0 bridgehead atoms. The Balaban J connectivity index is 2.65. The number of anilines is 1. The summed E-state index contributed by atoms with van der Waals surface area (Å²) in [6.07, 6.45) is 0. The average Bonchev–Trinajstić information content (AvgIpc) is 2.70. The van der Waals surface area contributed by atoms with Crippen molar-refractivity contribution in [3.8, 4) is 9.75 Å². The monoisotopic (exact) mass is 268 g/mol. The van der Waals surface area contributed by atoms with Gasteiger partial charge < -0.3 is 10.8 Å². The smallest absolute Gasteiger partial charge is 0.348 e. The maximum Gasteiger partial charge on any atom is 0.348 e. The Hall–Kier alpha value is -1.40. The fourth-order valence-electron chi connectivity index (χ4n) is 1.64. The molecule has 0 radical (unpaired) electrons. The van der Waals surface area contributed by atoms with Crippen molar-refractivity contribution >= 4 is 34.3 Å². The van der Waals surface area contributed by atoms with Gasteiger partial charge in [-0.2, -0.15) is 0 Å². The molecule has 0 amide bonds. The van der Waals surface area contributed by atoms with Gasteiger partial charge in [0.05, 0.1) is 26.1 Å². The lowest BCUT2D eigenvalue weighted by atomic mass is 10.2. The van der Waals surface area contributed by atoms with E-state index < -0.39 is 5.97 Å². The molecule has 6 heteroatoms. The number of hydrogen-bond donors (Lipinski definition) is 2. The number of hydrogen-bond acceptors (Lipinski definition) is 5. The highest BCUT2D eigenvalue weighted by molar-refractivity contribution is 7.23. The highest BCUT2D eigenvalue weighted by Gasteiger charge is 2.21. The minimum absolute atomic E-state index is 0.211. The number of aryl methyl sites for hydroxylation is 2. The fraction of sp³-hybridized carbons (Fsp3) is 0.273. The highest BCUT2D eigenvalue weighted by Crippen LogP contribution is 2.41. The van der Waals surface area contributed by atoms with Crippen LogP contribution >= 0.6 is 22.7 Å². The molecule has 2 aromatic rings. The standard InChI is InChI=1S/C11H12N2O2S2/c1-4-7(12)10(11(14)15)17-8(4)9-5(2)13-6(3)16-9/h12H2,1-3H3,(H,14,15). The maximum absolute atomic E-state index is 11.0. The Morgan fingerprint density at radius 3 is 2.29 bits per heavy atom. The van der Waals surface area contributed by atoms with Crippen LogP contribution in [-0.2, 0) is 0 Å². The summed E-state index contributed by atoms with van der Waals surface area (Å²) in [5.41, 5.74) is 7.93. The van der Waals surface area contributed by atoms with Gasteiger partial charge in [0.25, 0.3) is 0 Å². The lowest BCUT2D eigenvalue weighted by Gasteiger charge is -1.96. The predicted molar refractivity (Wildman–Crippen MR) is 71.0 cm³/mol. The van der Waals surface area contributed by atoms with Gasteiger partial charge in [0, 0.05) is 0 Å². The number of nitrogens with zero attached hydrogens (tertiary/aromatic N) is 1. The van der Waals surface area contributed by atoms with Crippen molar-refractivity contribution < 1.29 is 9.90 Å². The van der Waals surface area contributed by atoms with E-state index >= 15 is 0 Å². The number of thiazole rings is 1. The fourth-order valence-corrected chi connectivity index (χ4v) is 3.87. The summed E-state index contributed by atoms with van der Waals surface area (Å²) in [6.45, 7) is 5.71. The number of carboxylic acids is 1. The zero-order chi connectivity index (χ0) is 12.7. The van der Waals surface area contributed by atoms with Crippen LogP contribution in [-0.4, -0.2) is 16.1 Å². The van der Waals surface area contributed by atoms with Crippen molar-refractivity contribution in [2.45, 2.75) is 20.8 Å². The van der Waals surface area contributed by atoms with Crippen molar-refractivity contribution in [3.63, 3.8) is 0 Å². The number of rotatable bonds is 2. The third-order valence-electron chi connectivity index (χ3n) is 2.50. The number of nitrogens with two attached hydrogens (primary N) is 1. The van der Waals surface area contributed by atoms with Crippen molar-refractivity contribution in [2.75, 3.05) is 5.73 Å². The molecule has 0 unspecified atom stereocenters. The minimum Gasteiger partial charge on any atom is -0.477 e. The first-order valence-electron chi connectivity index (χ1n) is 4.98. The van der Waals surface area contributed by atoms with E-state index in [4.69, 9.17) is 10.8 Å². The molecule has 0 aliphatic carbocycles. The van der Waals surface area contributed by atoms with Gasteiger partial charge in [-0.05, 0) is 26.3 Å². The molecule has 0 aliphatic rings. The number of nitrogen functional groups attached to an aromatic ring is 1. The lowest BCUT2D eigenvalue weighted by molar-refractivity contribution is 0.0703. The quantitative estimate of drug-likeness (QED) is 0.877. The first-order chi connectivity index (χ1) is 7.91. The largest absolute Gasteiger partial charge is 0.477 e. The molecule has 0 atom stereocenters. The van der Waals surface area contributed by atoms with E-state index in [0.717, 1.165) is 26.0 Å². The Morgan fingerprint density at radius 1 is 1.24 bits per heavy atom. The molecule has 0 aliphatic heterocycles. The molecule has 2 rings (SSSR count). The SMILES string of the molecule is Cc1nc(C)c(-c2sc(C(=O)O)c(N)c2C)s1. The third kappa shape index (κ3) is 1.94. The van der Waals surface area contributed by atoms with Crippen LogP contribution in [0.4, 0.5) is 5.69 Å².